The van der Waals surface area contributed by atoms with Gasteiger partial charge in [-0.1, -0.05) is 25.8 Å². The van der Waals surface area contributed by atoms with Crippen LogP contribution < -0.4 is 5.73 Å². The van der Waals surface area contributed by atoms with Crippen LogP contribution in [0.5, 0.6) is 0 Å². The zero-order valence-corrected chi connectivity index (χ0v) is 8.70. The molecule has 0 aliphatic carbocycles. The monoisotopic (exact) mass is 194 g/mol. The molecule has 1 aliphatic heterocycles. The largest absolute Gasteiger partial charge is 0.366 e. The maximum absolute atomic E-state index is 10.9. The minimum atomic E-state index is -0.310. The highest BCUT2D eigenvalue weighted by atomic mass is 16.1. The molecule has 0 aromatic carbocycles. The number of unbranched alkanes of at least 4 members (excludes halogenated alkanes) is 2. The molecule has 0 aromatic rings. The maximum Gasteiger partial charge on any atom is 0.246 e. The first kappa shape index (κ1) is 10.8. The van der Waals surface area contributed by atoms with Gasteiger partial charge in [0.2, 0.25) is 5.91 Å². The van der Waals surface area contributed by atoms with Gasteiger partial charge in [0.05, 0.1) is 0 Å². The number of carbonyl (C=O) groups excluding carboxylic acids is 1. The number of nitrogens with two attached hydrogens (primary N) is 1. The smallest absolute Gasteiger partial charge is 0.246 e. The van der Waals surface area contributed by atoms with Crippen molar-refractivity contribution in [2.24, 2.45) is 5.73 Å². The summed E-state index contributed by atoms with van der Waals surface area (Å²) in [5.74, 6) is -0.310. The number of rotatable bonds is 5. The van der Waals surface area contributed by atoms with Crippen LogP contribution >= 0.6 is 0 Å². The van der Waals surface area contributed by atoms with Crippen molar-refractivity contribution in [2.45, 2.75) is 32.6 Å². The normalized spacial score (nSPS) is 15.5. The van der Waals surface area contributed by atoms with Crippen molar-refractivity contribution in [3.63, 3.8) is 0 Å². The van der Waals surface area contributed by atoms with E-state index in [1.54, 1.807) is 0 Å². The molecular weight excluding hydrogens is 176 g/mol. The van der Waals surface area contributed by atoms with Gasteiger partial charge in [-0.15, -0.1) is 0 Å². The second kappa shape index (κ2) is 5.47. The fraction of sp³-hybridized carbons (Fsp3) is 0.545. The predicted octanol–water partition coefficient (Wildman–Crippen LogP) is 1.77. The van der Waals surface area contributed by atoms with E-state index < -0.39 is 0 Å². The summed E-state index contributed by atoms with van der Waals surface area (Å²) in [4.78, 5) is 13.0. The standard InChI is InChI=1S/C11H18N2O/c1-2-3-4-7-13-8-5-6-10(9-13)11(12)14/h5,8-9H,2-4,6-7H2,1H3,(H2,12,14). The van der Waals surface area contributed by atoms with Gasteiger partial charge in [-0.3, -0.25) is 4.79 Å². The molecule has 1 rings (SSSR count). The van der Waals surface area contributed by atoms with Crippen LogP contribution in [0.15, 0.2) is 24.0 Å². The minimum absolute atomic E-state index is 0.310. The Kier molecular flexibility index (Phi) is 4.23. The molecule has 0 spiro atoms. The van der Waals surface area contributed by atoms with Crippen molar-refractivity contribution >= 4 is 5.91 Å². The first-order chi connectivity index (χ1) is 6.74. The third-order valence-corrected chi connectivity index (χ3v) is 2.29. The van der Waals surface area contributed by atoms with Crippen molar-refractivity contribution < 1.29 is 4.79 Å². The summed E-state index contributed by atoms with van der Waals surface area (Å²) in [6, 6.07) is 0. The van der Waals surface area contributed by atoms with Crippen LogP contribution in [-0.2, 0) is 4.79 Å². The van der Waals surface area contributed by atoms with Gasteiger partial charge in [-0.2, -0.15) is 0 Å². The van der Waals surface area contributed by atoms with E-state index in [1.165, 1.54) is 12.8 Å². The highest BCUT2D eigenvalue weighted by molar-refractivity contribution is 5.92. The molecule has 0 saturated carbocycles. The minimum Gasteiger partial charge on any atom is -0.366 e. The fourth-order valence-corrected chi connectivity index (χ4v) is 1.46. The van der Waals surface area contributed by atoms with Gasteiger partial charge in [-0.25, -0.2) is 0 Å². The van der Waals surface area contributed by atoms with Gasteiger partial charge in [0.25, 0.3) is 0 Å². The Labute approximate surface area is 85.3 Å². The van der Waals surface area contributed by atoms with Crippen LogP contribution in [0.4, 0.5) is 0 Å². The number of hydrogen-bond acceptors (Lipinski definition) is 2. The molecule has 0 atom stereocenters. The Morgan fingerprint density at radius 1 is 1.57 bits per heavy atom. The molecule has 1 heterocycles. The zero-order chi connectivity index (χ0) is 10.4. The summed E-state index contributed by atoms with van der Waals surface area (Å²) >= 11 is 0. The van der Waals surface area contributed by atoms with Gasteiger partial charge in [0.15, 0.2) is 0 Å². The van der Waals surface area contributed by atoms with Crippen LogP contribution in [-0.4, -0.2) is 17.4 Å². The van der Waals surface area contributed by atoms with Crippen LogP contribution in [0.3, 0.4) is 0 Å². The van der Waals surface area contributed by atoms with E-state index in [4.69, 9.17) is 5.73 Å². The SMILES string of the molecule is CCCCCN1C=CCC(C(N)=O)=C1. The molecular formula is C11H18N2O. The Morgan fingerprint density at radius 2 is 2.36 bits per heavy atom. The lowest BCUT2D eigenvalue weighted by Gasteiger charge is -2.20. The molecule has 14 heavy (non-hydrogen) atoms. The zero-order valence-electron chi connectivity index (χ0n) is 8.70. The van der Waals surface area contributed by atoms with E-state index in [-0.39, 0.29) is 5.91 Å². The number of carbonyl (C=O) groups is 1. The lowest BCUT2D eigenvalue weighted by Crippen LogP contribution is -2.21. The topological polar surface area (TPSA) is 46.3 Å². The van der Waals surface area contributed by atoms with Crippen molar-refractivity contribution in [2.75, 3.05) is 6.54 Å². The molecule has 0 bridgehead atoms. The van der Waals surface area contributed by atoms with Crippen LogP contribution in [0.2, 0.25) is 0 Å². The molecule has 2 N–H and O–H groups in total. The number of primary amides is 1. The van der Waals surface area contributed by atoms with E-state index in [0.29, 0.717) is 12.0 Å². The van der Waals surface area contributed by atoms with Crippen LogP contribution in [0.25, 0.3) is 0 Å². The number of allylic oxidation sites excluding steroid dienone is 1. The van der Waals surface area contributed by atoms with Crippen molar-refractivity contribution in [1.82, 2.24) is 4.90 Å². The third kappa shape index (κ3) is 3.24. The molecule has 1 aliphatic rings. The molecule has 0 saturated heterocycles. The molecule has 78 valence electrons. The molecule has 3 nitrogen and oxygen atoms in total. The second-order valence-electron chi connectivity index (χ2n) is 3.55. The van der Waals surface area contributed by atoms with E-state index in [0.717, 1.165) is 13.0 Å². The van der Waals surface area contributed by atoms with E-state index >= 15 is 0 Å². The fourth-order valence-electron chi connectivity index (χ4n) is 1.46. The van der Waals surface area contributed by atoms with E-state index in [2.05, 4.69) is 6.92 Å². The van der Waals surface area contributed by atoms with Gasteiger partial charge in [0, 0.05) is 18.3 Å². The summed E-state index contributed by atoms with van der Waals surface area (Å²) < 4.78 is 0. The summed E-state index contributed by atoms with van der Waals surface area (Å²) in [6.45, 7) is 3.15. The highest BCUT2D eigenvalue weighted by Crippen LogP contribution is 2.12. The summed E-state index contributed by atoms with van der Waals surface area (Å²) in [6.07, 6.45) is 10.1. The molecule has 0 radical (unpaired) electrons. The van der Waals surface area contributed by atoms with Crippen molar-refractivity contribution in [3.05, 3.63) is 24.0 Å². The summed E-state index contributed by atoms with van der Waals surface area (Å²) in [5.41, 5.74) is 5.91. The molecule has 1 amide bonds. The second-order valence-corrected chi connectivity index (χ2v) is 3.55. The number of hydrogen-bond donors (Lipinski definition) is 1. The highest BCUT2D eigenvalue weighted by Gasteiger charge is 2.08. The number of amides is 1. The van der Waals surface area contributed by atoms with E-state index in [1.807, 2.05) is 23.4 Å². The summed E-state index contributed by atoms with van der Waals surface area (Å²) in [5, 5.41) is 0. The first-order valence-corrected chi connectivity index (χ1v) is 5.17. The Morgan fingerprint density at radius 3 is 3.00 bits per heavy atom. The molecule has 0 unspecified atom stereocenters. The van der Waals surface area contributed by atoms with Crippen molar-refractivity contribution in [3.8, 4) is 0 Å². The van der Waals surface area contributed by atoms with Gasteiger partial charge in [-0.05, 0) is 19.0 Å². The van der Waals surface area contributed by atoms with E-state index in [9.17, 15) is 4.79 Å². The lowest BCUT2D eigenvalue weighted by molar-refractivity contribution is -0.114. The number of nitrogens with zero attached hydrogens (tertiary/aromatic N) is 1. The Bertz CT molecular complexity index is 256. The average Bonchev–Trinajstić information content (AvgIpc) is 2.19. The van der Waals surface area contributed by atoms with Crippen LogP contribution in [0, 0.1) is 0 Å². The Hall–Kier alpha value is -1.25. The predicted molar refractivity (Wildman–Crippen MR) is 57.3 cm³/mol. The maximum atomic E-state index is 10.9. The summed E-state index contributed by atoms with van der Waals surface area (Å²) in [7, 11) is 0. The quantitative estimate of drug-likeness (QED) is 0.678. The molecule has 0 fully saturated rings. The van der Waals surface area contributed by atoms with Crippen molar-refractivity contribution in [1.29, 1.82) is 0 Å². The average molecular weight is 194 g/mol. The van der Waals surface area contributed by atoms with Crippen LogP contribution in [0.1, 0.15) is 32.6 Å². The van der Waals surface area contributed by atoms with Gasteiger partial charge < -0.3 is 10.6 Å². The first-order valence-electron chi connectivity index (χ1n) is 5.17. The molecule has 0 aromatic heterocycles. The van der Waals surface area contributed by atoms with Gasteiger partial charge in [0.1, 0.15) is 0 Å². The molecule has 3 heteroatoms. The third-order valence-electron chi connectivity index (χ3n) is 2.29. The Balaban J connectivity index is 2.41. The lowest BCUT2D eigenvalue weighted by atomic mass is 10.1. The van der Waals surface area contributed by atoms with Gasteiger partial charge >= 0.3 is 0 Å².